The fourth-order valence-electron chi connectivity index (χ4n) is 4.59. The van der Waals surface area contributed by atoms with Crippen molar-refractivity contribution < 1.29 is 18.9 Å². The van der Waals surface area contributed by atoms with Crippen molar-refractivity contribution in [3.63, 3.8) is 0 Å². The summed E-state index contributed by atoms with van der Waals surface area (Å²) in [4.78, 5) is 25.1. The number of nitrogens with one attached hydrogen (secondary N) is 1. The normalized spacial score (nSPS) is 10.9. The van der Waals surface area contributed by atoms with Crippen LogP contribution in [-0.2, 0) is 18.3 Å². The smallest absolute Gasteiger partial charge is 0.268 e. The Morgan fingerprint density at radius 1 is 0.921 bits per heavy atom. The maximum absolute atomic E-state index is 12.8. The second-order valence-electron chi connectivity index (χ2n) is 10.0. The quantitative estimate of drug-likeness (QED) is 0.108. The number of aryl methyl sites for hydroxylation is 1. The summed E-state index contributed by atoms with van der Waals surface area (Å²) in [5, 5.41) is 6.16. The Hall–Kier alpha value is -2.99. The van der Waals surface area contributed by atoms with Crippen LogP contribution in [-0.4, -0.2) is 18.3 Å². The number of hydrogen-bond donors (Lipinski definition) is 1. The van der Waals surface area contributed by atoms with E-state index in [1.807, 2.05) is 55.0 Å². The first-order valence-electron chi connectivity index (χ1n) is 14.1. The molecule has 3 rings (SSSR count). The number of Topliss-reactive ketones (excluding diaryl/α,β-unsaturated/α-hetero) is 1. The molecule has 0 aliphatic carbocycles. The lowest BCUT2D eigenvalue weighted by Gasteiger charge is -2.12. The molecule has 204 valence electrons. The number of carbonyl (C=O) groups is 2. The molecule has 0 saturated carbocycles. The van der Waals surface area contributed by atoms with Gasteiger partial charge in [0.2, 0.25) is 5.91 Å². The highest BCUT2D eigenvalue weighted by molar-refractivity contribution is 7.12. The van der Waals surface area contributed by atoms with Gasteiger partial charge < -0.3 is 10.1 Å². The van der Waals surface area contributed by atoms with Crippen molar-refractivity contribution >= 4 is 28.7 Å². The van der Waals surface area contributed by atoms with Crippen molar-refractivity contribution in [3.05, 3.63) is 65.2 Å². The third-order valence-electron chi connectivity index (χ3n) is 6.72. The SMILES string of the molecule is CCCCCCCCCCCCOc1ccc(CC(=O)Nc2cccc(-c3scc[n+]3C)c2)cc1C(C)=O. The molecule has 1 amide bonds. The standard InChI is InChI=1S/C32H42N2O3S/c1-4-5-6-7-8-9-10-11-12-13-20-37-30-18-17-26(22-29(30)25(2)35)23-31(36)33-28-16-14-15-27(24-28)32-34(3)19-21-38-32/h14-19,21-22,24H,4-13,20,23H2,1-3H3/p+1. The minimum absolute atomic E-state index is 0.0538. The molecule has 3 aromatic rings. The van der Waals surface area contributed by atoms with Crippen LogP contribution in [0, 0.1) is 0 Å². The van der Waals surface area contributed by atoms with Gasteiger partial charge in [-0.25, -0.2) is 0 Å². The maximum Gasteiger partial charge on any atom is 0.268 e. The summed E-state index contributed by atoms with van der Waals surface area (Å²) in [6, 6.07) is 13.3. The van der Waals surface area contributed by atoms with Crippen molar-refractivity contribution in [2.45, 2.75) is 84.5 Å². The Balaban J connectivity index is 1.45. The monoisotopic (exact) mass is 535 g/mol. The van der Waals surface area contributed by atoms with Gasteiger partial charge in [-0.15, -0.1) is 0 Å². The minimum atomic E-state index is -0.119. The molecule has 0 aliphatic rings. The van der Waals surface area contributed by atoms with Crippen molar-refractivity contribution in [1.29, 1.82) is 0 Å². The van der Waals surface area contributed by atoms with Gasteiger partial charge in [0.15, 0.2) is 12.0 Å². The van der Waals surface area contributed by atoms with Crippen LogP contribution < -0.4 is 14.6 Å². The average Bonchev–Trinajstić information content (AvgIpc) is 3.33. The summed E-state index contributed by atoms with van der Waals surface area (Å²) in [5.41, 5.74) is 3.14. The number of hydrogen-bond acceptors (Lipinski definition) is 4. The van der Waals surface area contributed by atoms with Crippen LogP contribution in [0.15, 0.2) is 54.0 Å². The van der Waals surface area contributed by atoms with Gasteiger partial charge in [0.1, 0.15) is 12.8 Å². The molecule has 0 saturated heterocycles. The zero-order valence-electron chi connectivity index (χ0n) is 23.3. The number of aromatic nitrogens is 1. The first-order valence-corrected chi connectivity index (χ1v) is 15.0. The van der Waals surface area contributed by atoms with E-state index in [0.717, 1.165) is 34.7 Å². The largest absolute Gasteiger partial charge is 0.493 e. The zero-order valence-corrected chi connectivity index (χ0v) is 24.1. The molecule has 0 aliphatic heterocycles. The summed E-state index contributed by atoms with van der Waals surface area (Å²) >= 11 is 1.66. The number of carbonyl (C=O) groups excluding carboxylic acids is 2. The number of unbranched alkanes of at least 4 members (excludes halogenated alkanes) is 9. The number of ether oxygens (including phenoxy) is 1. The number of benzene rings is 2. The van der Waals surface area contributed by atoms with E-state index in [1.165, 1.54) is 51.4 Å². The number of ketones is 1. The highest BCUT2D eigenvalue weighted by atomic mass is 32.1. The van der Waals surface area contributed by atoms with E-state index in [1.54, 1.807) is 24.3 Å². The predicted molar refractivity (Wildman–Crippen MR) is 157 cm³/mol. The number of amides is 1. The zero-order chi connectivity index (χ0) is 27.2. The van der Waals surface area contributed by atoms with E-state index < -0.39 is 0 Å². The molecular weight excluding hydrogens is 492 g/mol. The third kappa shape index (κ3) is 9.71. The highest BCUT2D eigenvalue weighted by Gasteiger charge is 2.14. The first kappa shape index (κ1) is 29.6. The minimum Gasteiger partial charge on any atom is -0.493 e. The molecule has 0 spiro atoms. The molecule has 1 N–H and O–H groups in total. The van der Waals surface area contributed by atoms with E-state index in [2.05, 4.69) is 16.8 Å². The average molecular weight is 536 g/mol. The molecule has 38 heavy (non-hydrogen) atoms. The van der Waals surface area contributed by atoms with Crippen LogP contribution in [0.5, 0.6) is 5.75 Å². The molecular formula is C32H43N2O3S+. The molecule has 1 heterocycles. The molecule has 2 aromatic carbocycles. The Kier molecular flexibility index (Phi) is 12.5. The summed E-state index contributed by atoms with van der Waals surface area (Å²) in [6.45, 7) is 4.40. The van der Waals surface area contributed by atoms with Gasteiger partial charge in [-0.05, 0) is 49.2 Å². The first-order chi connectivity index (χ1) is 18.5. The lowest BCUT2D eigenvalue weighted by Crippen LogP contribution is -2.26. The Bertz CT molecular complexity index is 1170. The summed E-state index contributed by atoms with van der Waals surface area (Å²) < 4.78 is 8.03. The van der Waals surface area contributed by atoms with Crippen LogP contribution >= 0.6 is 11.3 Å². The lowest BCUT2D eigenvalue weighted by atomic mass is 10.0. The number of rotatable bonds is 17. The van der Waals surface area contributed by atoms with E-state index in [-0.39, 0.29) is 18.1 Å². The van der Waals surface area contributed by atoms with Crippen LogP contribution in [0.3, 0.4) is 0 Å². The Morgan fingerprint density at radius 2 is 1.63 bits per heavy atom. The molecule has 0 radical (unpaired) electrons. The predicted octanol–water partition coefficient (Wildman–Crippen LogP) is 7.92. The van der Waals surface area contributed by atoms with Gasteiger partial charge in [-0.2, -0.15) is 4.57 Å². The third-order valence-corrected chi connectivity index (χ3v) is 7.73. The van der Waals surface area contributed by atoms with Gasteiger partial charge in [0, 0.05) is 5.69 Å². The molecule has 0 fully saturated rings. The summed E-state index contributed by atoms with van der Waals surface area (Å²) in [7, 11) is 2.01. The van der Waals surface area contributed by atoms with E-state index in [0.29, 0.717) is 17.9 Å². The second-order valence-corrected chi connectivity index (χ2v) is 10.9. The molecule has 1 aromatic heterocycles. The van der Waals surface area contributed by atoms with Crippen LogP contribution in [0.1, 0.15) is 94.0 Å². The maximum atomic E-state index is 12.8. The molecule has 6 heteroatoms. The van der Waals surface area contributed by atoms with E-state index in [4.69, 9.17) is 4.74 Å². The summed E-state index contributed by atoms with van der Waals surface area (Å²) in [6.07, 6.45) is 14.9. The van der Waals surface area contributed by atoms with Gasteiger partial charge in [-0.3, -0.25) is 9.59 Å². The van der Waals surface area contributed by atoms with E-state index in [9.17, 15) is 9.59 Å². The fraction of sp³-hybridized carbons (Fsp3) is 0.469. The number of nitrogens with zero attached hydrogens (tertiary/aromatic N) is 1. The van der Waals surface area contributed by atoms with Crippen molar-refractivity contribution in [2.24, 2.45) is 7.05 Å². The Morgan fingerprint density at radius 3 is 2.29 bits per heavy atom. The Labute approximate surface area is 232 Å². The number of anilines is 1. The van der Waals surface area contributed by atoms with E-state index >= 15 is 0 Å². The summed E-state index contributed by atoms with van der Waals surface area (Å²) in [5.74, 6) is 0.433. The van der Waals surface area contributed by atoms with Gasteiger partial charge >= 0.3 is 0 Å². The van der Waals surface area contributed by atoms with Crippen molar-refractivity contribution in [3.8, 4) is 16.3 Å². The van der Waals surface area contributed by atoms with Crippen molar-refractivity contribution in [2.75, 3.05) is 11.9 Å². The molecule has 0 bridgehead atoms. The molecule has 0 atom stereocenters. The fourth-order valence-corrected chi connectivity index (χ4v) is 5.45. The van der Waals surface area contributed by atoms with Gasteiger partial charge in [-0.1, -0.05) is 88.2 Å². The lowest BCUT2D eigenvalue weighted by molar-refractivity contribution is -0.655. The van der Waals surface area contributed by atoms with Gasteiger partial charge in [0.05, 0.1) is 29.5 Å². The highest BCUT2D eigenvalue weighted by Crippen LogP contribution is 2.25. The van der Waals surface area contributed by atoms with Gasteiger partial charge in [0.25, 0.3) is 5.01 Å². The topological polar surface area (TPSA) is 59.3 Å². The second kappa shape index (κ2) is 16.1. The van der Waals surface area contributed by atoms with Crippen molar-refractivity contribution in [1.82, 2.24) is 0 Å². The molecule has 0 unspecified atom stereocenters. The van der Waals surface area contributed by atoms with Crippen LogP contribution in [0.4, 0.5) is 5.69 Å². The molecule has 5 nitrogen and oxygen atoms in total. The number of thiazole rings is 1. The van der Waals surface area contributed by atoms with Crippen LogP contribution in [0.25, 0.3) is 10.6 Å². The van der Waals surface area contributed by atoms with Crippen LogP contribution in [0.2, 0.25) is 0 Å².